The molecule has 7 nitrogen and oxygen atoms in total. The zero-order valence-electron chi connectivity index (χ0n) is 17.8. The summed E-state index contributed by atoms with van der Waals surface area (Å²) >= 11 is 1.37. The molecule has 0 fully saturated rings. The molecule has 2 aromatic carbocycles. The maximum Gasteiger partial charge on any atom is 0.416 e. The molecule has 4 rings (SSSR count). The van der Waals surface area contributed by atoms with Crippen LogP contribution < -0.4 is 21.3 Å². The summed E-state index contributed by atoms with van der Waals surface area (Å²) in [5.74, 6) is -0.231. The maximum absolute atomic E-state index is 14.3. The van der Waals surface area contributed by atoms with Crippen LogP contribution in [0.5, 0.6) is 0 Å². The predicted molar refractivity (Wildman–Crippen MR) is 125 cm³/mol. The second kappa shape index (κ2) is 9.14. The minimum Gasteiger partial charge on any atom is -0.365 e. The third kappa shape index (κ3) is 5.17. The molecule has 176 valence electrons. The Kier molecular flexibility index (Phi) is 6.24. The summed E-state index contributed by atoms with van der Waals surface area (Å²) in [6.07, 6.45) is -4.56. The number of aryl methyl sites for hydroxylation is 1. The van der Waals surface area contributed by atoms with Gasteiger partial charge in [-0.3, -0.25) is 0 Å². The number of carbonyl (C=O) groups is 1. The quantitative estimate of drug-likeness (QED) is 0.237. The summed E-state index contributed by atoms with van der Waals surface area (Å²) in [6, 6.07) is 9.97. The first-order valence-electron chi connectivity index (χ1n) is 9.90. The Bertz CT molecular complexity index is 1370. The summed E-state index contributed by atoms with van der Waals surface area (Å²) in [6.45, 7) is 1.32. The number of nitrogens with one attached hydrogen (secondary N) is 4. The van der Waals surface area contributed by atoms with Crippen LogP contribution in [-0.4, -0.2) is 23.0 Å². The average molecular weight is 490 g/mol. The Hall–Kier alpha value is -3.93. The normalized spacial score (nSPS) is 11.4. The van der Waals surface area contributed by atoms with E-state index in [-0.39, 0.29) is 16.9 Å². The van der Waals surface area contributed by atoms with E-state index in [0.29, 0.717) is 16.3 Å². The van der Waals surface area contributed by atoms with Crippen LogP contribution in [0.2, 0.25) is 0 Å². The van der Waals surface area contributed by atoms with Crippen LogP contribution in [0.4, 0.5) is 50.4 Å². The van der Waals surface area contributed by atoms with E-state index in [1.165, 1.54) is 42.5 Å². The maximum atomic E-state index is 14.3. The van der Waals surface area contributed by atoms with Gasteiger partial charge in [0.2, 0.25) is 0 Å². The number of urea groups is 1. The summed E-state index contributed by atoms with van der Waals surface area (Å²) < 4.78 is 53.6. The average Bonchev–Trinajstić information content (AvgIpc) is 3.19. The SMILES string of the molecule is CNc1nc2ccc(Nc3ccc(F)c(NC(=O)Nc4ccc(C)c(C(F)(F)F)c4)c3)nc2s1. The molecule has 0 unspecified atom stereocenters. The molecule has 0 aliphatic heterocycles. The highest BCUT2D eigenvalue weighted by atomic mass is 32.1. The fourth-order valence-corrected chi connectivity index (χ4v) is 3.92. The van der Waals surface area contributed by atoms with E-state index in [9.17, 15) is 22.4 Å². The molecule has 0 aliphatic carbocycles. The summed E-state index contributed by atoms with van der Waals surface area (Å²) in [7, 11) is 1.76. The lowest BCUT2D eigenvalue weighted by atomic mass is 10.1. The number of hydrogen-bond acceptors (Lipinski definition) is 6. The lowest BCUT2D eigenvalue weighted by Gasteiger charge is -2.14. The van der Waals surface area contributed by atoms with Gasteiger partial charge in [0.15, 0.2) is 5.13 Å². The van der Waals surface area contributed by atoms with Crippen molar-refractivity contribution >= 4 is 55.7 Å². The van der Waals surface area contributed by atoms with Crippen LogP contribution in [0.15, 0.2) is 48.5 Å². The summed E-state index contributed by atoms with van der Waals surface area (Å²) in [4.78, 5) is 21.8. The minimum absolute atomic E-state index is 0.0237. The molecular weight excluding hydrogens is 472 g/mol. The molecule has 0 aliphatic rings. The van der Waals surface area contributed by atoms with Crippen molar-refractivity contribution in [1.29, 1.82) is 0 Å². The fourth-order valence-electron chi connectivity index (χ4n) is 3.13. The molecular formula is C22H18F4N6OS. The molecule has 0 saturated heterocycles. The lowest BCUT2D eigenvalue weighted by molar-refractivity contribution is -0.138. The number of benzene rings is 2. The van der Waals surface area contributed by atoms with Gasteiger partial charge in [0, 0.05) is 18.4 Å². The first-order valence-corrected chi connectivity index (χ1v) is 10.7. The van der Waals surface area contributed by atoms with Crippen molar-refractivity contribution in [3.63, 3.8) is 0 Å². The van der Waals surface area contributed by atoms with E-state index < -0.39 is 23.6 Å². The van der Waals surface area contributed by atoms with E-state index in [4.69, 9.17) is 0 Å². The molecule has 2 aromatic heterocycles. The highest BCUT2D eigenvalue weighted by Crippen LogP contribution is 2.33. The number of aromatic nitrogens is 2. The number of carbonyl (C=O) groups excluding carboxylic acids is 1. The van der Waals surface area contributed by atoms with E-state index in [2.05, 4.69) is 31.2 Å². The van der Waals surface area contributed by atoms with Crippen LogP contribution in [0.3, 0.4) is 0 Å². The van der Waals surface area contributed by atoms with Gasteiger partial charge < -0.3 is 21.3 Å². The fraction of sp³-hybridized carbons (Fsp3) is 0.136. The number of pyridine rings is 1. The number of thiazole rings is 1. The van der Waals surface area contributed by atoms with Crippen molar-refractivity contribution in [2.24, 2.45) is 0 Å². The molecule has 4 aromatic rings. The van der Waals surface area contributed by atoms with Gasteiger partial charge in [-0.1, -0.05) is 17.4 Å². The van der Waals surface area contributed by atoms with Crippen LogP contribution in [-0.2, 0) is 6.18 Å². The summed E-state index contributed by atoms with van der Waals surface area (Å²) in [5.41, 5.74) is 0.0834. The number of rotatable bonds is 5. The van der Waals surface area contributed by atoms with Gasteiger partial charge in [0.1, 0.15) is 22.0 Å². The Morgan fingerprint density at radius 2 is 1.74 bits per heavy atom. The smallest absolute Gasteiger partial charge is 0.365 e. The number of hydrogen-bond donors (Lipinski definition) is 4. The molecule has 2 heterocycles. The van der Waals surface area contributed by atoms with Crippen molar-refractivity contribution < 1.29 is 22.4 Å². The predicted octanol–water partition coefficient (Wildman–Crippen LogP) is 6.59. The van der Waals surface area contributed by atoms with Crippen LogP contribution in [0.25, 0.3) is 10.3 Å². The Morgan fingerprint density at radius 3 is 2.47 bits per heavy atom. The molecule has 2 amide bonds. The number of fused-ring (bicyclic) bond motifs is 1. The minimum atomic E-state index is -4.56. The third-order valence-corrected chi connectivity index (χ3v) is 5.74. The van der Waals surface area contributed by atoms with Crippen molar-refractivity contribution in [2.75, 3.05) is 28.3 Å². The van der Waals surface area contributed by atoms with E-state index >= 15 is 0 Å². The number of anilines is 5. The van der Waals surface area contributed by atoms with Gasteiger partial charge >= 0.3 is 12.2 Å². The lowest BCUT2D eigenvalue weighted by Crippen LogP contribution is -2.20. The van der Waals surface area contributed by atoms with Gasteiger partial charge in [-0.15, -0.1) is 0 Å². The molecule has 0 saturated carbocycles. The topological polar surface area (TPSA) is 91.0 Å². The molecule has 0 spiro atoms. The first kappa shape index (κ1) is 23.2. The van der Waals surface area contributed by atoms with Crippen molar-refractivity contribution in [3.05, 3.63) is 65.5 Å². The van der Waals surface area contributed by atoms with Crippen molar-refractivity contribution in [1.82, 2.24) is 9.97 Å². The van der Waals surface area contributed by atoms with Crippen LogP contribution >= 0.6 is 11.3 Å². The summed E-state index contributed by atoms with van der Waals surface area (Å²) in [5, 5.41) is 11.3. The standard InChI is InChI=1S/C22H18F4N6OS/c1-11-3-4-12(9-14(11)22(24,25)26)29-20(33)30-17-10-13(5-6-15(17)23)28-18-8-7-16-19(32-18)34-21(27-2)31-16/h3-10H,1-2H3,(H,27,31)(H,28,32)(H2,29,30,33). The highest BCUT2D eigenvalue weighted by Gasteiger charge is 2.32. The van der Waals surface area contributed by atoms with E-state index in [1.807, 2.05) is 0 Å². The Balaban J connectivity index is 1.48. The second-order valence-corrected chi connectivity index (χ2v) is 8.19. The van der Waals surface area contributed by atoms with Gasteiger partial charge in [0.25, 0.3) is 0 Å². The van der Waals surface area contributed by atoms with Crippen molar-refractivity contribution in [2.45, 2.75) is 13.1 Å². The van der Waals surface area contributed by atoms with Crippen molar-refractivity contribution in [3.8, 4) is 0 Å². The largest absolute Gasteiger partial charge is 0.416 e. The molecule has 4 N–H and O–H groups in total. The van der Waals surface area contributed by atoms with Crippen LogP contribution in [0, 0.1) is 12.7 Å². The Labute approximate surface area is 195 Å². The van der Waals surface area contributed by atoms with E-state index in [0.717, 1.165) is 22.8 Å². The van der Waals surface area contributed by atoms with E-state index in [1.54, 1.807) is 19.2 Å². The molecule has 0 atom stereocenters. The number of alkyl halides is 3. The molecule has 34 heavy (non-hydrogen) atoms. The van der Waals surface area contributed by atoms with Gasteiger partial charge in [-0.2, -0.15) is 13.2 Å². The number of nitrogens with zero attached hydrogens (tertiary/aromatic N) is 2. The molecule has 12 heteroatoms. The molecule has 0 bridgehead atoms. The Morgan fingerprint density at radius 1 is 0.971 bits per heavy atom. The van der Waals surface area contributed by atoms with Gasteiger partial charge in [0.05, 0.1) is 11.3 Å². The zero-order valence-corrected chi connectivity index (χ0v) is 18.7. The van der Waals surface area contributed by atoms with Gasteiger partial charge in [-0.25, -0.2) is 19.2 Å². The highest BCUT2D eigenvalue weighted by molar-refractivity contribution is 7.21. The molecule has 0 radical (unpaired) electrons. The van der Waals surface area contributed by atoms with Gasteiger partial charge in [-0.05, 0) is 55.0 Å². The second-order valence-electron chi connectivity index (χ2n) is 7.22. The third-order valence-electron chi connectivity index (χ3n) is 4.76. The first-order chi connectivity index (χ1) is 16.1. The monoisotopic (exact) mass is 490 g/mol. The zero-order chi connectivity index (χ0) is 24.5. The number of amides is 2. The number of halogens is 4. The van der Waals surface area contributed by atoms with Crippen LogP contribution in [0.1, 0.15) is 11.1 Å².